The van der Waals surface area contributed by atoms with Crippen LogP contribution in [0.1, 0.15) is 17.3 Å². The molecule has 1 amide bonds. The van der Waals surface area contributed by atoms with Crippen molar-refractivity contribution in [2.24, 2.45) is 0 Å². The van der Waals surface area contributed by atoms with E-state index in [4.69, 9.17) is 9.47 Å². The number of sulfone groups is 1. The number of benzene rings is 2. The van der Waals surface area contributed by atoms with Crippen LogP contribution in [0.25, 0.3) is 0 Å². The summed E-state index contributed by atoms with van der Waals surface area (Å²) in [4.78, 5) is 12.3. The van der Waals surface area contributed by atoms with Crippen molar-refractivity contribution in [2.45, 2.75) is 11.8 Å². The van der Waals surface area contributed by atoms with Crippen molar-refractivity contribution in [3.8, 4) is 11.5 Å². The van der Waals surface area contributed by atoms with Gasteiger partial charge in [-0.1, -0.05) is 0 Å². The number of ether oxygens (including phenoxy) is 2. The van der Waals surface area contributed by atoms with Crippen LogP contribution in [0.3, 0.4) is 0 Å². The summed E-state index contributed by atoms with van der Waals surface area (Å²) < 4.78 is 34.8. The van der Waals surface area contributed by atoms with Crippen molar-refractivity contribution < 1.29 is 22.7 Å². The maximum Gasteiger partial charge on any atom is 0.251 e. The van der Waals surface area contributed by atoms with Crippen LogP contribution in [-0.4, -0.2) is 40.3 Å². The molecule has 0 aliphatic carbocycles. The van der Waals surface area contributed by atoms with E-state index < -0.39 is 9.84 Å². The minimum absolute atomic E-state index is 0.0282. The Kier molecular flexibility index (Phi) is 6.41. The SMILES string of the molecule is CCOc1ccc(C(=O)NCCS(=O)(=O)c2ccc(OC)cc2)cc1. The van der Waals surface area contributed by atoms with E-state index in [1.807, 2.05) is 6.92 Å². The van der Waals surface area contributed by atoms with E-state index >= 15 is 0 Å². The van der Waals surface area contributed by atoms with Gasteiger partial charge in [0.05, 0.1) is 24.4 Å². The molecule has 1 N–H and O–H groups in total. The number of amides is 1. The topological polar surface area (TPSA) is 81.7 Å². The first-order valence-electron chi connectivity index (χ1n) is 7.84. The quantitative estimate of drug-likeness (QED) is 0.778. The average Bonchev–Trinajstić information content (AvgIpc) is 2.62. The molecule has 0 fully saturated rings. The molecule has 0 heterocycles. The molecule has 2 aromatic carbocycles. The summed E-state index contributed by atoms with van der Waals surface area (Å²) >= 11 is 0. The van der Waals surface area contributed by atoms with Gasteiger partial charge in [0.15, 0.2) is 9.84 Å². The van der Waals surface area contributed by atoms with Crippen LogP contribution < -0.4 is 14.8 Å². The molecular weight excluding hydrogens is 342 g/mol. The second-order valence-corrected chi connectivity index (χ2v) is 7.32. The van der Waals surface area contributed by atoms with Gasteiger partial charge in [-0.2, -0.15) is 0 Å². The molecule has 0 saturated carbocycles. The van der Waals surface area contributed by atoms with Gasteiger partial charge in [-0.3, -0.25) is 4.79 Å². The first kappa shape index (κ1) is 18.8. The molecule has 0 spiro atoms. The number of carbonyl (C=O) groups is 1. The van der Waals surface area contributed by atoms with E-state index in [1.54, 1.807) is 36.4 Å². The molecule has 0 aliphatic heterocycles. The second kappa shape index (κ2) is 8.53. The molecule has 0 aromatic heterocycles. The van der Waals surface area contributed by atoms with Crippen molar-refractivity contribution in [1.82, 2.24) is 5.32 Å². The molecule has 0 radical (unpaired) electrons. The Labute approximate surface area is 147 Å². The summed E-state index contributed by atoms with van der Waals surface area (Å²) in [7, 11) is -1.95. The van der Waals surface area contributed by atoms with Crippen molar-refractivity contribution in [1.29, 1.82) is 0 Å². The smallest absolute Gasteiger partial charge is 0.251 e. The van der Waals surface area contributed by atoms with Gasteiger partial charge in [0.1, 0.15) is 11.5 Å². The Morgan fingerprint density at radius 2 is 1.60 bits per heavy atom. The molecule has 0 unspecified atom stereocenters. The number of nitrogens with one attached hydrogen (secondary N) is 1. The fraction of sp³-hybridized carbons (Fsp3) is 0.278. The van der Waals surface area contributed by atoms with E-state index in [9.17, 15) is 13.2 Å². The first-order chi connectivity index (χ1) is 12.0. The van der Waals surface area contributed by atoms with Crippen LogP contribution >= 0.6 is 0 Å². The lowest BCUT2D eigenvalue weighted by Gasteiger charge is -2.08. The normalized spacial score (nSPS) is 11.0. The van der Waals surface area contributed by atoms with E-state index in [-0.39, 0.29) is 23.1 Å². The largest absolute Gasteiger partial charge is 0.497 e. The predicted octanol–water partition coefficient (Wildman–Crippen LogP) is 2.30. The van der Waals surface area contributed by atoms with E-state index in [0.29, 0.717) is 23.7 Å². The monoisotopic (exact) mass is 363 g/mol. The minimum atomic E-state index is -3.47. The first-order valence-corrected chi connectivity index (χ1v) is 9.49. The van der Waals surface area contributed by atoms with Gasteiger partial charge in [-0.05, 0) is 55.5 Å². The molecule has 2 aromatic rings. The fourth-order valence-corrected chi connectivity index (χ4v) is 3.33. The molecule has 25 heavy (non-hydrogen) atoms. The summed E-state index contributed by atoms with van der Waals surface area (Å²) in [5, 5.41) is 2.62. The predicted molar refractivity (Wildman–Crippen MR) is 95.0 cm³/mol. The lowest BCUT2D eigenvalue weighted by Crippen LogP contribution is -2.29. The van der Waals surface area contributed by atoms with Gasteiger partial charge in [-0.25, -0.2) is 8.42 Å². The molecular formula is C18H21NO5S. The van der Waals surface area contributed by atoms with Crippen LogP contribution in [-0.2, 0) is 9.84 Å². The minimum Gasteiger partial charge on any atom is -0.497 e. The zero-order valence-electron chi connectivity index (χ0n) is 14.2. The summed E-state index contributed by atoms with van der Waals surface area (Å²) in [5.41, 5.74) is 0.449. The Bertz CT molecular complexity index is 798. The summed E-state index contributed by atoms with van der Waals surface area (Å²) in [6.45, 7) is 2.46. The number of hydrogen-bond acceptors (Lipinski definition) is 5. The Morgan fingerprint density at radius 1 is 1.00 bits per heavy atom. The fourth-order valence-electron chi connectivity index (χ4n) is 2.17. The number of hydrogen-bond donors (Lipinski definition) is 1. The molecule has 0 saturated heterocycles. The highest BCUT2D eigenvalue weighted by Gasteiger charge is 2.15. The third-order valence-corrected chi connectivity index (χ3v) is 5.23. The summed E-state index contributed by atoms with van der Waals surface area (Å²) in [6.07, 6.45) is 0. The van der Waals surface area contributed by atoms with Crippen LogP contribution in [0.15, 0.2) is 53.4 Å². The van der Waals surface area contributed by atoms with E-state index in [0.717, 1.165) is 0 Å². The van der Waals surface area contributed by atoms with Crippen LogP contribution in [0.2, 0.25) is 0 Å². The van der Waals surface area contributed by atoms with Crippen LogP contribution in [0.5, 0.6) is 11.5 Å². The second-order valence-electron chi connectivity index (χ2n) is 5.21. The lowest BCUT2D eigenvalue weighted by molar-refractivity contribution is 0.0956. The van der Waals surface area contributed by atoms with Crippen molar-refractivity contribution >= 4 is 15.7 Å². The molecule has 7 heteroatoms. The molecule has 0 bridgehead atoms. The van der Waals surface area contributed by atoms with Crippen molar-refractivity contribution in [3.63, 3.8) is 0 Å². The summed E-state index contributed by atoms with van der Waals surface area (Å²) in [6, 6.07) is 12.8. The molecule has 134 valence electrons. The molecule has 0 atom stereocenters. The van der Waals surface area contributed by atoms with Crippen LogP contribution in [0, 0.1) is 0 Å². The van der Waals surface area contributed by atoms with Gasteiger partial charge in [-0.15, -0.1) is 0 Å². The third-order valence-electron chi connectivity index (χ3n) is 3.50. The third kappa shape index (κ3) is 5.22. The number of rotatable bonds is 8. The zero-order chi connectivity index (χ0) is 18.3. The van der Waals surface area contributed by atoms with Gasteiger partial charge in [0, 0.05) is 12.1 Å². The average molecular weight is 363 g/mol. The highest BCUT2D eigenvalue weighted by atomic mass is 32.2. The maximum atomic E-state index is 12.3. The Morgan fingerprint density at radius 3 is 2.16 bits per heavy atom. The highest BCUT2D eigenvalue weighted by molar-refractivity contribution is 7.91. The Hall–Kier alpha value is -2.54. The highest BCUT2D eigenvalue weighted by Crippen LogP contribution is 2.16. The lowest BCUT2D eigenvalue weighted by atomic mass is 10.2. The summed E-state index contributed by atoms with van der Waals surface area (Å²) in [5.74, 6) is 0.763. The Balaban J connectivity index is 1.90. The standard InChI is InChI=1S/C18H21NO5S/c1-3-24-16-6-4-14(5-7-16)18(20)19-12-13-25(21,22)17-10-8-15(23-2)9-11-17/h4-11H,3,12-13H2,1-2H3,(H,19,20). The van der Waals surface area contributed by atoms with Crippen LogP contribution in [0.4, 0.5) is 0 Å². The maximum absolute atomic E-state index is 12.3. The van der Waals surface area contributed by atoms with E-state index in [2.05, 4.69) is 5.32 Å². The van der Waals surface area contributed by atoms with Gasteiger partial charge < -0.3 is 14.8 Å². The van der Waals surface area contributed by atoms with Crippen molar-refractivity contribution in [3.05, 3.63) is 54.1 Å². The number of carbonyl (C=O) groups excluding carboxylic acids is 1. The molecule has 0 aliphatic rings. The van der Waals surface area contributed by atoms with Crippen molar-refractivity contribution in [2.75, 3.05) is 26.0 Å². The molecule has 2 rings (SSSR count). The number of methoxy groups -OCH3 is 1. The van der Waals surface area contributed by atoms with Gasteiger partial charge >= 0.3 is 0 Å². The van der Waals surface area contributed by atoms with Gasteiger partial charge in [0.25, 0.3) is 5.91 Å². The van der Waals surface area contributed by atoms with E-state index in [1.165, 1.54) is 19.2 Å². The molecule has 6 nitrogen and oxygen atoms in total. The zero-order valence-corrected chi connectivity index (χ0v) is 15.0. The van der Waals surface area contributed by atoms with Gasteiger partial charge in [0.2, 0.25) is 0 Å².